The molecular formula is C10H18O3. The van der Waals surface area contributed by atoms with Crippen molar-refractivity contribution < 1.29 is 15.3 Å². The van der Waals surface area contributed by atoms with Crippen LogP contribution in [0.25, 0.3) is 0 Å². The molecule has 0 aromatic heterocycles. The summed E-state index contributed by atoms with van der Waals surface area (Å²) in [5, 5.41) is 28.6. The van der Waals surface area contributed by atoms with Gasteiger partial charge >= 0.3 is 0 Å². The molecule has 13 heavy (non-hydrogen) atoms. The van der Waals surface area contributed by atoms with Crippen molar-refractivity contribution in [1.82, 2.24) is 0 Å². The van der Waals surface area contributed by atoms with Gasteiger partial charge in [-0.25, -0.2) is 0 Å². The summed E-state index contributed by atoms with van der Waals surface area (Å²) in [6.07, 6.45) is -0.380. The first-order chi connectivity index (χ1) is 6.05. The maximum Gasteiger partial charge on any atom is 0.0864 e. The van der Waals surface area contributed by atoms with Gasteiger partial charge in [-0.05, 0) is 18.3 Å². The van der Waals surface area contributed by atoms with E-state index >= 15 is 0 Å². The molecule has 0 unspecified atom stereocenters. The van der Waals surface area contributed by atoms with Gasteiger partial charge in [0.05, 0.1) is 12.2 Å². The maximum absolute atomic E-state index is 9.87. The van der Waals surface area contributed by atoms with Crippen molar-refractivity contribution in [3.8, 4) is 0 Å². The van der Waals surface area contributed by atoms with Gasteiger partial charge in [0.25, 0.3) is 0 Å². The minimum Gasteiger partial charge on any atom is -0.396 e. The summed E-state index contributed by atoms with van der Waals surface area (Å²) in [5.41, 5.74) is -0.0905. The standard InChI is InChI=1S/C10H18O3/c1-5(2)10-3-7(10)6(4-11)8(12)9(10)13/h5-9,11-13H,3-4H2,1-2H3/t6-,7+,8-,9-,10-/m1/s1. The van der Waals surface area contributed by atoms with Gasteiger partial charge in [0.15, 0.2) is 0 Å². The fourth-order valence-electron chi connectivity index (χ4n) is 3.24. The van der Waals surface area contributed by atoms with Crippen LogP contribution < -0.4 is 0 Å². The molecule has 2 saturated carbocycles. The largest absolute Gasteiger partial charge is 0.396 e. The van der Waals surface area contributed by atoms with Crippen molar-refractivity contribution in [3.63, 3.8) is 0 Å². The van der Waals surface area contributed by atoms with Gasteiger partial charge in [-0.2, -0.15) is 0 Å². The van der Waals surface area contributed by atoms with Crippen LogP contribution in [0.15, 0.2) is 0 Å². The molecule has 0 aromatic rings. The predicted octanol–water partition coefficient (Wildman–Crippen LogP) is -0.00740. The second-order valence-electron chi connectivity index (χ2n) is 4.86. The number of fused-ring (bicyclic) bond motifs is 1. The monoisotopic (exact) mass is 186 g/mol. The summed E-state index contributed by atoms with van der Waals surface area (Å²) in [5.74, 6) is 0.624. The molecule has 2 fully saturated rings. The zero-order chi connectivity index (χ0) is 9.80. The summed E-state index contributed by atoms with van der Waals surface area (Å²) in [6.45, 7) is 4.16. The van der Waals surface area contributed by atoms with Crippen molar-refractivity contribution >= 4 is 0 Å². The van der Waals surface area contributed by atoms with Crippen LogP contribution in [0, 0.1) is 23.2 Å². The summed E-state index contributed by atoms with van der Waals surface area (Å²) in [4.78, 5) is 0. The second-order valence-corrected chi connectivity index (χ2v) is 4.86. The quantitative estimate of drug-likeness (QED) is 0.568. The number of rotatable bonds is 2. The van der Waals surface area contributed by atoms with Crippen molar-refractivity contribution in [2.45, 2.75) is 32.5 Å². The molecule has 5 atom stereocenters. The molecule has 0 aromatic carbocycles. The topological polar surface area (TPSA) is 60.7 Å². The van der Waals surface area contributed by atoms with E-state index in [2.05, 4.69) is 13.8 Å². The summed E-state index contributed by atoms with van der Waals surface area (Å²) >= 11 is 0. The van der Waals surface area contributed by atoms with E-state index in [1.165, 1.54) is 0 Å². The molecule has 3 heteroatoms. The third-order valence-corrected chi connectivity index (χ3v) is 4.22. The van der Waals surface area contributed by atoms with Gasteiger partial charge in [0, 0.05) is 17.9 Å². The lowest BCUT2D eigenvalue weighted by Gasteiger charge is -2.25. The number of hydrogen-bond donors (Lipinski definition) is 3. The Morgan fingerprint density at radius 2 is 2.00 bits per heavy atom. The minimum atomic E-state index is -0.717. The van der Waals surface area contributed by atoms with Gasteiger partial charge in [0.2, 0.25) is 0 Å². The highest BCUT2D eigenvalue weighted by atomic mass is 16.3. The first-order valence-electron chi connectivity index (χ1n) is 5.02. The van der Waals surface area contributed by atoms with Gasteiger partial charge in [-0.3, -0.25) is 0 Å². The zero-order valence-electron chi connectivity index (χ0n) is 8.14. The smallest absolute Gasteiger partial charge is 0.0864 e. The molecule has 0 spiro atoms. The highest BCUT2D eigenvalue weighted by molar-refractivity contribution is 5.19. The van der Waals surface area contributed by atoms with Gasteiger partial charge < -0.3 is 15.3 Å². The first-order valence-corrected chi connectivity index (χ1v) is 5.02. The van der Waals surface area contributed by atoms with E-state index in [9.17, 15) is 10.2 Å². The normalized spacial score (nSPS) is 54.0. The average molecular weight is 186 g/mol. The van der Waals surface area contributed by atoms with Crippen LogP contribution in [0.1, 0.15) is 20.3 Å². The van der Waals surface area contributed by atoms with E-state index in [1.807, 2.05) is 0 Å². The van der Waals surface area contributed by atoms with Crippen LogP contribution in [0.2, 0.25) is 0 Å². The lowest BCUT2D eigenvalue weighted by Crippen LogP contribution is -2.36. The minimum absolute atomic E-state index is 0.00262. The Hall–Kier alpha value is -0.120. The van der Waals surface area contributed by atoms with E-state index in [0.29, 0.717) is 11.8 Å². The van der Waals surface area contributed by atoms with Crippen LogP contribution in [-0.2, 0) is 0 Å². The molecule has 76 valence electrons. The van der Waals surface area contributed by atoms with Crippen LogP contribution in [0.4, 0.5) is 0 Å². The molecule has 0 aliphatic heterocycles. The predicted molar refractivity (Wildman–Crippen MR) is 48.0 cm³/mol. The second kappa shape index (κ2) is 2.69. The van der Waals surface area contributed by atoms with Gasteiger partial charge in [-0.1, -0.05) is 13.8 Å². The number of aliphatic hydroxyl groups is 3. The Morgan fingerprint density at radius 1 is 1.38 bits per heavy atom. The molecular weight excluding hydrogens is 168 g/mol. The van der Waals surface area contributed by atoms with Crippen LogP contribution >= 0.6 is 0 Å². The van der Waals surface area contributed by atoms with Crippen molar-refractivity contribution in [2.75, 3.05) is 6.61 Å². The third-order valence-electron chi connectivity index (χ3n) is 4.22. The summed E-state index contributed by atoms with van der Waals surface area (Å²) < 4.78 is 0. The highest BCUT2D eigenvalue weighted by Crippen LogP contribution is 2.69. The van der Waals surface area contributed by atoms with E-state index in [-0.39, 0.29) is 17.9 Å². The fraction of sp³-hybridized carbons (Fsp3) is 1.00. The number of hydrogen-bond acceptors (Lipinski definition) is 3. The summed E-state index contributed by atoms with van der Waals surface area (Å²) in [6, 6.07) is 0. The molecule has 0 bridgehead atoms. The van der Waals surface area contributed by atoms with E-state index in [0.717, 1.165) is 6.42 Å². The first kappa shape index (κ1) is 9.44. The highest BCUT2D eigenvalue weighted by Gasteiger charge is 2.71. The fourth-order valence-corrected chi connectivity index (χ4v) is 3.24. The van der Waals surface area contributed by atoms with Gasteiger partial charge in [0.1, 0.15) is 0 Å². The van der Waals surface area contributed by atoms with Crippen LogP contribution in [0.5, 0.6) is 0 Å². The van der Waals surface area contributed by atoms with Crippen molar-refractivity contribution in [3.05, 3.63) is 0 Å². The summed E-state index contributed by atoms with van der Waals surface area (Å²) in [7, 11) is 0. The van der Waals surface area contributed by atoms with E-state index in [1.54, 1.807) is 0 Å². The Kier molecular flexibility index (Phi) is 1.95. The lowest BCUT2D eigenvalue weighted by molar-refractivity contribution is -0.0386. The Balaban J connectivity index is 2.21. The molecule has 0 amide bonds. The molecule has 3 N–H and O–H groups in total. The molecule has 0 saturated heterocycles. The average Bonchev–Trinajstić information content (AvgIpc) is 2.76. The lowest BCUT2D eigenvalue weighted by atomic mass is 9.87. The van der Waals surface area contributed by atoms with Gasteiger partial charge in [-0.15, -0.1) is 0 Å². The Bertz CT molecular complexity index is 216. The number of aliphatic hydroxyl groups excluding tert-OH is 3. The Morgan fingerprint density at radius 3 is 2.31 bits per heavy atom. The zero-order valence-corrected chi connectivity index (χ0v) is 8.14. The molecule has 2 aliphatic carbocycles. The van der Waals surface area contributed by atoms with E-state index in [4.69, 9.17) is 5.11 Å². The van der Waals surface area contributed by atoms with Crippen LogP contribution in [-0.4, -0.2) is 34.1 Å². The van der Waals surface area contributed by atoms with Crippen LogP contribution in [0.3, 0.4) is 0 Å². The van der Waals surface area contributed by atoms with Crippen molar-refractivity contribution in [2.24, 2.45) is 23.2 Å². The maximum atomic E-state index is 9.87. The third kappa shape index (κ3) is 0.953. The molecule has 2 rings (SSSR count). The Labute approximate surface area is 78.4 Å². The molecule has 0 radical (unpaired) electrons. The molecule has 2 aliphatic rings. The molecule has 0 heterocycles. The SMILES string of the molecule is CC(C)[C@]12C[C@H]1[C@@H](CO)[C@@H](O)[C@H]2O. The van der Waals surface area contributed by atoms with Crippen molar-refractivity contribution in [1.29, 1.82) is 0 Å². The molecule has 3 nitrogen and oxygen atoms in total. The van der Waals surface area contributed by atoms with E-state index < -0.39 is 12.2 Å².